The number of carbonyl (C=O) groups is 2. The largest absolute Gasteiger partial charge is 0.507 e. The van der Waals surface area contributed by atoms with Gasteiger partial charge in [0.1, 0.15) is 11.5 Å². The van der Waals surface area contributed by atoms with Gasteiger partial charge in [0.2, 0.25) is 0 Å². The van der Waals surface area contributed by atoms with Crippen LogP contribution >= 0.6 is 0 Å². The van der Waals surface area contributed by atoms with Gasteiger partial charge < -0.3 is 19.5 Å². The number of carbonyl (C=O) groups excluding carboxylic acids is 2. The summed E-state index contributed by atoms with van der Waals surface area (Å²) in [6.07, 6.45) is 0.728. The summed E-state index contributed by atoms with van der Waals surface area (Å²) in [5.74, 6) is -0.660. The summed E-state index contributed by atoms with van der Waals surface area (Å²) in [5.41, 5.74) is 1.41. The van der Waals surface area contributed by atoms with Crippen molar-refractivity contribution in [2.24, 2.45) is 0 Å². The first kappa shape index (κ1) is 23.0. The fourth-order valence-electron chi connectivity index (χ4n) is 4.41. The van der Waals surface area contributed by atoms with Gasteiger partial charge in [-0.3, -0.25) is 14.5 Å². The number of likely N-dealkylation sites (tertiary alicyclic amines) is 1. The van der Waals surface area contributed by atoms with Crippen LogP contribution in [-0.4, -0.2) is 72.6 Å². The third-order valence-corrected chi connectivity index (χ3v) is 6.07. The maximum atomic E-state index is 13.1. The monoisotopic (exact) mass is 450 g/mol. The molecule has 1 amide bonds. The molecule has 0 spiro atoms. The van der Waals surface area contributed by atoms with Gasteiger partial charge in [0.25, 0.3) is 11.7 Å². The summed E-state index contributed by atoms with van der Waals surface area (Å²) in [5, 5.41) is 11.1. The van der Waals surface area contributed by atoms with Gasteiger partial charge in [0.05, 0.1) is 31.4 Å². The summed E-state index contributed by atoms with van der Waals surface area (Å²) in [6, 6.07) is 15.6. The van der Waals surface area contributed by atoms with Crippen molar-refractivity contribution in [1.29, 1.82) is 0 Å². The number of Topliss-reactive ketones (excluding diaryl/α,β-unsaturated/α-hetero) is 1. The molecular weight excluding hydrogens is 420 g/mol. The number of nitrogens with zero attached hydrogens (tertiary/aromatic N) is 2. The number of hydrogen-bond acceptors (Lipinski definition) is 6. The van der Waals surface area contributed by atoms with E-state index < -0.39 is 17.7 Å². The van der Waals surface area contributed by atoms with Gasteiger partial charge >= 0.3 is 0 Å². The zero-order valence-corrected chi connectivity index (χ0v) is 18.9. The van der Waals surface area contributed by atoms with E-state index in [1.54, 1.807) is 29.2 Å². The summed E-state index contributed by atoms with van der Waals surface area (Å²) < 4.78 is 10.9. The Labute approximate surface area is 194 Å². The summed E-state index contributed by atoms with van der Waals surface area (Å²) in [4.78, 5) is 30.0. The van der Waals surface area contributed by atoms with Crippen LogP contribution in [0.2, 0.25) is 0 Å². The lowest BCUT2D eigenvalue weighted by atomic mass is 9.95. The Hall–Kier alpha value is -3.16. The first-order chi connectivity index (χ1) is 16.1. The van der Waals surface area contributed by atoms with E-state index in [0.29, 0.717) is 37.7 Å². The fraction of sp³-hybridized carbons (Fsp3) is 0.385. The highest BCUT2D eigenvalue weighted by Crippen LogP contribution is 2.39. The lowest BCUT2D eigenvalue weighted by molar-refractivity contribution is -0.140. The van der Waals surface area contributed by atoms with Crippen LogP contribution in [0.1, 0.15) is 30.5 Å². The van der Waals surface area contributed by atoms with Gasteiger partial charge in [0.15, 0.2) is 0 Å². The van der Waals surface area contributed by atoms with E-state index >= 15 is 0 Å². The third kappa shape index (κ3) is 5.10. The van der Waals surface area contributed by atoms with E-state index in [2.05, 4.69) is 4.90 Å². The zero-order chi connectivity index (χ0) is 23.2. The lowest BCUT2D eigenvalue weighted by Gasteiger charge is -2.29. The number of aliphatic hydroxyl groups is 1. The molecule has 2 heterocycles. The number of morpholine rings is 1. The van der Waals surface area contributed by atoms with Crippen molar-refractivity contribution in [1.82, 2.24) is 9.80 Å². The van der Waals surface area contributed by atoms with E-state index in [1.807, 2.05) is 37.3 Å². The number of aliphatic hydroxyl groups excluding tert-OH is 1. The molecule has 7 heteroatoms. The predicted molar refractivity (Wildman–Crippen MR) is 125 cm³/mol. The van der Waals surface area contributed by atoms with Crippen LogP contribution in [-0.2, 0) is 14.3 Å². The van der Waals surface area contributed by atoms with Crippen LogP contribution in [0.15, 0.2) is 60.2 Å². The smallest absolute Gasteiger partial charge is 0.295 e. The van der Waals surface area contributed by atoms with Crippen molar-refractivity contribution in [2.45, 2.75) is 19.4 Å². The Kier molecular flexibility index (Phi) is 7.42. The molecule has 4 rings (SSSR count). The Morgan fingerprint density at radius 3 is 2.39 bits per heavy atom. The van der Waals surface area contributed by atoms with Crippen LogP contribution in [0.25, 0.3) is 5.76 Å². The van der Waals surface area contributed by atoms with Crippen molar-refractivity contribution in [3.63, 3.8) is 0 Å². The molecule has 2 aliphatic heterocycles. The molecule has 0 radical (unpaired) electrons. The van der Waals surface area contributed by atoms with Crippen molar-refractivity contribution in [3.8, 4) is 5.75 Å². The molecule has 2 aliphatic rings. The first-order valence-corrected chi connectivity index (χ1v) is 11.5. The second kappa shape index (κ2) is 10.6. The van der Waals surface area contributed by atoms with Crippen molar-refractivity contribution < 1.29 is 24.2 Å². The molecule has 0 bridgehead atoms. The molecule has 2 aromatic rings. The molecule has 33 heavy (non-hydrogen) atoms. The van der Waals surface area contributed by atoms with Gasteiger partial charge in [-0.15, -0.1) is 0 Å². The fourth-order valence-corrected chi connectivity index (χ4v) is 4.41. The van der Waals surface area contributed by atoms with E-state index in [4.69, 9.17) is 9.47 Å². The average molecular weight is 451 g/mol. The van der Waals surface area contributed by atoms with Gasteiger partial charge in [-0.2, -0.15) is 0 Å². The molecule has 1 atom stereocenters. The maximum Gasteiger partial charge on any atom is 0.295 e. The number of rotatable bonds is 8. The quantitative estimate of drug-likeness (QED) is 0.378. The minimum atomic E-state index is -0.651. The molecule has 2 saturated heterocycles. The van der Waals surface area contributed by atoms with Crippen LogP contribution in [0.4, 0.5) is 0 Å². The minimum Gasteiger partial charge on any atom is -0.507 e. The topological polar surface area (TPSA) is 79.3 Å². The van der Waals surface area contributed by atoms with Crippen LogP contribution in [0.5, 0.6) is 5.75 Å². The molecule has 7 nitrogen and oxygen atoms in total. The average Bonchev–Trinajstić information content (AvgIpc) is 3.10. The highest BCUT2D eigenvalue weighted by Gasteiger charge is 2.45. The zero-order valence-electron chi connectivity index (χ0n) is 18.9. The molecule has 0 saturated carbocycles. The Balaban J connectivity index is 1.65. The van der Waals surface area contributed by atoms with Gasteiger partial charge in [0, 0.05) is 31.7 Å². The second-order valence-electron chi connectivity index (χ2n) is 8.17. The second-order valence-corrected chi connectivity index (χ2v) is 8.17. The third-order valence-electron chi connectivity index (χ3n) is 6.07. The number of ketones is 1. The standard InChI is InChI=1S/C26H30N2O5/c1-2-33-21-11-9-19(10-12-21)23-22(24(29)20-7-4-3-5-8-20)25(30)26(31)28(23)14-6-13-27-15-17-32-18-16-27/h3-5,7-12,23,29H,2,6,13-18H2,1H3/b24-22+. The number of hydrogen-bond donors (Lipinski definition) is 1. The Morgan fingerprint density at radius 2 is 1.73 bits per heavy atom. The van der Waals surface area contributed by atoms with E-state index in [0.717, 1.165) is 31.6 Å². The molecule has 2 aromatic carbocycles. The molecule has 2 fully saturated rings. The molecule has 174 valence electrons. The SMILES string of the molecule is CCOc1ccc(C2/C(=C(\O)c3ccccc3)C(=O)C(=O)N2CCCN2CCOCC2)cc1. The summed E-state index contributed by atoms with van der Waals surface area (Å²) >= 11 is 0. The molecule has 1 N–H and O–H groups in total. The van der Waals surface area contributed by atoms with Crippen molar-refractivity contribution in [3.05, 3.63) is 71.3 Å². The maximum absolute atomic E-state index is 13.1. The predicted octanol–water partition coefficient (Wildman–Crippen LogP) is 3.23. The molecular formula is C26H30N2O5. The van der Waals surface area contributed by atoms with E-state index in [9.17, 15) is 14.7 Å². The van der Waals surface area contributed by atoms with Gasteiger partial charge in [-0.05, 0) is 31.0 Å². The van der Waals surface area contributed by atoms with Gasteiger partial charge in [-0.25, -0.2) is 0 Å². The van der Waals surface area contributed by atoms with Crippen molar-refractivity contribution >= 4 is 17.4 Å². The number of amides is 1. The summed E-state index contributed by atoms with van der Waals surface area (Å²) in [6.45, 7) is 6.88. The van der Waals surface area contributed by atoms with Crippen LogP contribution in [0, 0.1) is 0 Å². The molecule has 1 unspecified atom stereocenters. The Morgan fingerprint density at radius 1 is 1.03 bits per heavy atom. The van der Waals surface area contributed by atoms with Crippen LogP contribution in [0.3, 0.4) is 0 Å². The highest BCUT2D eigenvalue weighted by atomic mass is 16.5. The van der Waals surface area contributed by atoms with E-state index in [-0.39, 0.29) is 11.3 Å². The first-order valence-electron chi connectivity index (χ1n) is 11.5. The van der Waals surface area contributed by atoms with Crippen LogP contribution < -0.4 is 4.74 Å². The summed E-state index contributed by atoms with van der Waals surface area (Å²) in [7, 11) is 0. The molecule has 0 aliphatic carbocycles. The van der Waals surface area contributed by atoms with Gasteiger partial charge in [-0.1, -0.05) is 42.5 Å². The highest BCUT2D eigenvalue weighted by molar-refractivity contribution is 6.46. The number of ether oxygens (including phenoxy) is 2. The normalized spacial score (nSPS) is 20.9. The minimum absolute atomic E-state index is 0.127. The Bertz CT molecular complexity index is 997. The number of benzene rings is 2. The molecule has 0 aromatic heterocycles. The van der Waals surface area contributed by atoms with Crippen molar-refractivity contribution in [2.75, 3.05) is 46.0 Å². The lowest BCUT2D eigenvalue weighted by Crippen LogP contribution is -2.38. The van der Waals surface area contributed by atoms with E-state index in [1.165, 1.54) is 0 Å².